The summed E-state index contributed by atoms with van der Waals surface area (Å²) in [4.78, 5) is 25.7. The number of anilines is 3. The number of amides is 1. The molecule has 0 spiro atoms. The van der Waals surface area contributed by atoms with Gasteiger partial charge in [0.2, 0.25) is 5.95 Å². The average Bonchev–Trinajstić information content (AvgIpc) is 2.81. The first-order valence-electron chi connectivity index (χ1n) is 10.2. The van der Waals surface area contributed by atoms with Gasteiger partial charge in [-0.15, -0.1) is 0 Å². The van der Waals surface area contributed by atoms with E-state index in [0.717, 1.165) is 22.5 Å². The van der Waals surface area contributed by atoms with E-state index in [1.54, 1.807) is 42.9 Å². The van der Waals surface area contributed by atoms with Crippen molar-refractivity contribution >= 4 is 45.5 Å². The second kappa shape index (κ2) is 10.4. The van der Waals surface area contributed by atoms with Gasteiger partial charge in [0.25, 0.3) is 5.91 Å². The van der Waals surface area contributed by atoms with Gasteiger partial charge in [0, 0.05) is 35.5 Å². The van der Waals surface area contributed by atoms with E-state index in [9.17, 15) is 13.2 Å². The number of aromatic nitrogens is 3. The van der Waals surface area contributed by atoms with Crippen LogP contribution < -0.4 is 10.6 Å². The van der Waals surface area contributed by atoms with Crippen molar-refractivity contribution in [3.05, 3.63) is 94.9 Å². The van der Waals surface area contributed by atoms with Crippen LogP contribution in [0.4, 0.5) is 17.3 Å². The highest BCUT2D eigenvalue weighted by molar-refractivity contribution is 7.71. The molecule has 0 unspecified atom stereocenters. The molecule has 0 fully saturated rings. The Morgan fingerprint density at radius 1 is 1.06 bits per heavy atom. The number of carbonyl (C=O) groups excluding carboxylic acids is 1. The maximum absolute atomic E-state index is 12.8. The molecule has 34 heavy (non-hydrogen) atoms. The Morgan fingerprint density at radius 3 is 2.65 bits per heavy atom. The molecule has 2 aromatic carbocycles. The molecule has 4 rings (SSSR count). The Bertz CT molecular complexity index is 1420. The molecular weight excluding hydrogens is 474 g/mol. The standard InChI is InChI=1S/C24H20ClN5O3S/c1-15-4-6-18(28-23(31)19-7-5-16(11-20(19)25)14-34(32)33)12-22(15)30-24-27-10-8-21(29-24)17-3-2-9-26-13-17/h2-13,34H,14H2,1H3,(H,28,31)(H,27,29,30). The number of pyridine rings is 1. The van der Waals surface area contributed by atoms with Crippen molar-refractivity contribution in [2.24, 2.45) is 0 Å². The molecule has 2 N–H and O–H groups in total. The van der Waals surface area contributed by atoms with Gasteiger partial charge in [-0.25, -0.2) is 18.4 Å². The Kier molecular flexibility index (Phi) is 7.15. The molecule has 0 radical (unpaired) electrons. The zero-order valence-electron chi connectivity index (χ0n) is 18.0. The van der Waals surface area contributed by atoms with Crippen LogP contribution in [-0.4, -0.2) is 29.3 Å². The number of nitrogens with one attached hydrogen (secondary N) is 2. The summed E-state index contributed by atoms with van der Waals surface area (Å²) in [7, 11) is -2.58. The molecule has 1 amide bonds. The van der Waals surface area contributed by atoms with Crippen molar-refractivity contribution in [3.8, 4) is 11.3 Å². The van der Waals surface area contributed by atoms with Crippen molar-refractivity contribution in [1.29, 1.82) is 0 Å². The van der Waals surface area contributed by atoms with Gasteiger partial charge in [0.1, 0.15) is 10.7 Å². The number of carbonyl (C=O) groups is 1. The van der Waals surface area contributed by atoms with E-state index in [0.29, 0.717) is 17.2 Å². The van der Waals surface area contributed by atoms with Crippen molar-refractivity contribution < 1.29 is 13.2 Å². The molecule has 10 heteroatoms. The minimum absolute atomic E-state index is 0.131. The molecule has 8 nitrogen and oxygen atoms in total. The first kappa shape index (κ1) is 23.3. The second-order valence-corrected chi connectivity index (χ2v) is 8.81. The molecule has 0 bridgehead atoms. The summed E-state index contributed by atoms with van der Waals surface area (Å²) < 4.78 is 21.8. The van der Waals surface area contributed by atoms with Crippen LogP contribution in [0.3, 0.4) is 0 Å². The zero-order valence-corrected chi connectivity index (χ0v) is 19.7. The smallest absolute Gasteiger partial charge is 0.257 e. The summed E-state index contributed by atoms with van der Waals surface area (Å²) in [5, 5.41) is 6.19. The first-order valence-corrected chi connectivity index (χ1v) is 12.0. The number of rotatable bonds is 7. The number of aryl methyl sites for hydroxylation is 1. The quantitative estimate of drug-likeness (QED) is 0.322. The van der Waals surface area contributed by atoms with Gasteiger partial charge >= 0.3 is 0 Å². The van der Waals surface area contributed by atoms with Crippen molar-refractivity contribution in [2.75, 3.05) is 10.6 Å². The highest BCUT2D eigenvalue weighted by atomic mass is 35.5. The fourth-order valence-electron chi connectivity index (χ4n) is 3.24. The van der Waals surface area contributed by atoms with Crippen molar-refractivity contribution in [3.63, 3.8) is 0 Å². The topological polar surface area (TPSA) is 114 Å². The molecule has 2 aromatic heterocycles. The fraction of sp³-hybridized carbons (Fsp3) is 0.0833. The predicted molar refractivity (Wildman–Crippen MR) is 133 cm³/mol. The number of thiol groups is 1. The molecule has 0 aliphatic carbocycles. The number of hydrogen-bond acceptors (Lipinski definition) is 7. The van der Waals surface area contributed by atoms with Crippen LogP contribution in [-0.2, 0) is 16.5 Å². The summed E-state index contributed by atoms with van der Waals surface area (Å²) in [5.74, 6) is -0.135. The third kappa shape index (κ3) is 5.75. The highest BCUT2D eigenvalue weighted by Gasteiger charge is 2.13. The Balaban J connectivity index is 1.52. The largest absolute Gasteiger partial charge is 0.324 e. The fourth-order valence-corrected chi connectivity index (χ4v) is 4.02. The van der Waals surface area contributed by atoms with Crippen LogP contribution in [0.15, 0.2) is 73.2 Å². The normalized spacial score (nSPS) is 10.8. The van der Waals surface area contributed by atoms with Crippen LogP contribution >= 0.6 is 11.6 Å². The lowest BCUT2D eigenvalue weighted by Gasteiger charge is -2.13. The lowest BCUT2D eigenvalue weighted by atomic mass is 10.1. The summed E-state index contributed by atoms with van der Waals surface area (Å²) >= 11 is 6.21. The Labute approximate surface area is 203 Å². The molecule has 2 heterocycles. The van der Waals surface area contributed by atoms with Gasteiger partial charge in [0.15, 0.2) is 0 Å². The van der Waals surface area contributed by atoms with Gasteiger partial charge in [-0.05, 0) is 60.5 Å². The second-order valence-electron chi connectivity index (χ2n) is 7.42. The van der Waals surface area contributed by atoms with E-state index < -0.39 is 16.6 Å². The van der Waals surface area contributed by atoms with Gasteiger partial charge in [-0.1, -0.05) is 23.7 Å². The maximum Gasteiger partial charge on any atom is 0.257 e. The molecule has 0 aliphatic heterocycles. The number of hydrogen-bond donors (Lipinski definition) is 3. The SMILES string of the molecule is Cc1ccc(NC(=O)c2ccc(C[SH](=O)=O)cc2Cl)cc1Nc1nccc(-c2cccnc2)n1. The van der Waals surface area contributed by atoms with E-state index >= 15 is 0 Å². The van der Waals surface area contributed by atoms with E-state index in [1.165, 1.54) is 12.1 Å². The zero-order chi connectivity index (χ0) is 24.1. The molecule has 4 aromatic rings. The third-order valence-corrected chi connectivity index (χ3v) is 5.88. The molecule has 0 saturated carbocycles. The average molecular weight is 494 g/mol. The lowest BCUT2D eigenvalue weighted by Crippen LogP contribution is -2.13. The van der Waals surface area contributed by atoms with Gasteiger partial charge in [-0.2, -0.15) is 0 Å². The van der Waals surface area contributed by atoms with Crippen LogP contribution in [0.25, 0.3) is 11.3 Å². The first-order chi connectivity index (χ1) is 16.4. The third-order valence-electron chi connectivity index (χ3n) is 4.94. The summed E-state index contributed by atoms with van der Waals surface area (Å²) in [6.07, 6.45) is 5.09. The van der Waals surface area contributed by atoms with Crippen LogP contribution in [0.2, 0.25) is 5.02 Å². The van der Waals surface area contributed by atoms with E-state index in [2.05, 4.69) is 25.6 Å². The minimum atomic E-state index is -2.58. The van der Waals surface area contributed by atoms with Gasteiger partial charge in [-0.3, -0.25) is 9.78 Å². The molecular formula is C24H20ClN5O3S. The summed E-state index contributed by atoms with van der Waals surface area (Å²) in [6, 6.07) is 15.5. The van der Waals surface area contributed by atoms with Crippen LogP contribution in [0.1, 0.15) is 21.5 Å². The van der Waals surface area contributed by atoms with Gasteiger partial charge < -0.3 is 10.6 Å². The van der Waals surface area contributed by atoms with Crippen LogP contribution in [0, 0.1) is 6.92 Å². The molecule has 0 aliphatic rings. The molecule has 172 valence electrons. The van der Waals surface area contributed by atoms with Gasteiger partial charge in [0.05, 0.1) is 22.0 Å². The predicted octanol–water partition coefficient (Wildman–Crippen LogP) is 4.61. The van der Waals surface area contributed by atoms with Crippen LogP contribution in [0.5, 0.6) is 0 Å². The summed E-state index contributed by atoms with van der Waals surface area (Å²) in [6.45, 7) is 1.93. The van der Waals surface area contributed by atoms with E-state index in [1.807, 2.05) is 25.1 Å². The number of benzene rings is 2. The Morgan fingerprint density at radius 2 is 1.91 bits per heavy atom. The highest BCUT2D eigenvalue weighted by Crippen LogP contribution is 2.26. The number of nitrogens with zero attached hydrogens (tertiary/aromatic N) is 3. The summed E-state index contributed by atoms with van der Waals surface area (Å²) in [5.41, 5.74) is 4.57. The minimum Gasteiger partial charge on any atom is -0.324 e. The number of halogens is 1. The van der Waals surface area contributed by atoms with E-state index in [-0.39, 0.29) is 16.3 Å². The Hall–Kier alpha value is -3.82. The lowest BCUT2D eigenvalue weighted by molar-refractivity contribution is 0.102. The van der Waals surface area contributed by atoms with Crippen molar-refractivity contribution in [2.45, 2.75) is 12.7 Å². The molecule has 0 atom stereocenters. The monoisotopic (exact) mass is 493 g/mol. The molecule has 0 saturated heterocycles. The maximum atomic E-state index is 12.8. The van der Waals surface area contributed by atoms with Crippen molar-refractivity contribution in [1.82, 2.24) is 15.0 Å². The van der Waals surface area contributed by atoms with E-state index in [4.69, 9.17) is 11.6 Å².